The molecule has 0 aromatic heterocycles. The average Bonchev–Trinajstić information content (AvgIpc) is 2.36. The summed E-state index contributed by atoms with van der Waals surface area (Å²) in [5.74, 6) is 0. The molecule has 0 aliphatic heterocycles. The first kappa shape index (κ1) is 16.3. The molecule has 3 heteroatoms. The Labute approximate surface area is 122 Å². The van der Waals surface area contributed by atoms with Gasteiger partial charge in [0.15, 0.2) is 0 Å². The number of rotatable bonds is 7. The number of para-hydroxylation sites is 1. The van der Waals surface area contributed by atoms with E-state index in [0.717, 1.165) is 30.8 Å². The molecule has 0 amide bonds. The minimum Gasteiger partial charge on any atom is -0.368 e. The molecule has 1 aromatic rings. The summed E-state index contributed by atoms with van der Waals surface area (Å²) in [5.41, 5.74) is 8.55. The van der Waals surface area contributed by atoms with Gasteiger partial charge in [-0.05, 0) is 44.7 Å². The zero-order valence-electron chi connectivity index (χ0n) is 12.6. The summed E-state index contributed by atoms with van der Waals surface area (Å²) in [4.78, 5) is 2.39. The van der Waals surface area contributed by atoms with Crippen LogP contribution in [-0.4, -0.2) is 18.6 Å². The molecule has 0 bridgehead atoms. The van der Waals surface area contributed by atoms with Crippen LogP contribution in [-0.2, 0) is 6.42 Å². The van der Waals surface area contributed by atoms with Crippen LogP contribution in [0, 0.1) is 0 Å². The maximum Gasteiger partial charge on any atom is 0.0642 e. The maximum absolute atomic E-state index is 6.45. The van der Waals surface area contributed by atoms with Crippen molar-refractivity contribution in [3.8, 4) is 0 Å². The van der Waals surface area contributed by atoms with Gasteiger partial charge in [0.1, 0.15) is 0 Å². The van der Waals surface area contributed by atoms with Gasteiger partial charge >= 0.3 is 0 Å². The van der Waals surface area contributed by atoms with Gasteiger partial charge in [0.05, 0.1) is 10.7 Å². The van der Waals surface area contributed by atoms with Crippen molar-refractivity contribution < 1.29 is 0 Å². The van der Waals surface area contributed by atoms with E-state index in [1.807, 2.05) is 12.1 Å². The highest BCUT2D eigenvalue weighted by Gasteiger charge is 2.18. The Morgan fingerprint density at radius 1 is 1.26 bits per heavy atom. The summed E-state index contributed by atoms with van der Waals surface area (Å²) < 4.78 is 0. The number of hydrogen-bond acceptors (Lipinski definition) is 2. The second kappa shape index (κ2) is 7.76. The van der Waals surface area contributed by atoms with Gasteiger partial charge in [0.2, 0.25) is 0 Å². The molecular weight excluding hydrogens is 256 g/mol. The quantitative estimate of drug-likeness (QED) is 0.810. The Bertz CT molecular complexity index is 390. The predicted octanol–water partition coefficient (Wildman–Crippen LogP) is 4.24. The van der Waals surface area contributed by atoms with Crippen LogP contribution in [0.1, 0.15) is 46.1 Å². The Morgan fingerprint density at radius 3 is 2.47 bits per heavy atom. The highest BCUT2D eigenvalue weighted by atomic mass is 35.5. The molecule has 1 aromatic carbocycles. The predicted molar refractivity (Wildman–Crippen MR) is 86.2 cm³/mol. The van der Waals surface area contributed by atoms with Crippen LogP contribution in [0.15, 0.2) is 18.2 Å². The summed E-state index contributed by atoms with van der Waals surface area (Å²) >= 11 is 6.45. The van der Waals surface area contributed by atoms with Crippen molar-refractivity contribution in [2.75, 3.05) is 11.4 Å². The molecule has 108 valence electrons. The van der Waals surface area contributed by atoms with E-state index < -0.39 is 0 Å². The fourth-order valence-corrected chi connectivity index (χ4v) is 2.64. The third-order valence-electron chi connectivity index (χ3n) is 3.45. The minimum atomic E-state index is 0.202. The van der Waals surface area contributed by atoms with Crippen molar-refractivity contribution in [2.24, 2.45) is 5.73 Å². The van der Waals surface area contributed by atoms with Gasteiger partial charge in [0, 0.05) is 18.6 Å². The Kier molecular flexibility index (Phi) is 6.67. The van der Waals surface area contributed by atoms with E-state index in [2.05, 4.69) is 38.7 Å². The molecule has 0 aliphatic rings. The van der Waals surface area contributed by atoms with Crippen molar-refractivity contribution in [2.45, 2.75) is 59.0 Å². The average molecular weight is 283 g/mol. The fraction of sp³-hybridized carbons (Fsp3) is 0.625. The highest BCUT2D eigenvalue weighted by Crippen LogP contribution is 2.32. The molecule has 0 saturated heterocycles. The molecule has 2 nitrogen and oxygen atoms in total. The second-order valence-corrected chi connectivity index (χ2v) is 5.81. The Balaban J connectivity index is 3.14. The van der Waals surface area contributed by atoms with Gasteiger partial charge in [-0.2, -0.15) is 0 Å². The van der Waals surface area contributed by atoms with Gasteiger partial charge in [-0.3, -0.25) is 0 Å². The summed E-state index contributed by atoms with van der Waals surface area (Å²) in [7, 11) is 0. The number of nitrogens with zero attached hydrogens (tertiary/aromatic N) is 1. The summed E-state index contributed by atoms with van der Waals surface area (Å²) in [5, 5.41) is 0.836. The van der Waals surface area contributed by atoms with Crippen LogP contribution in [0.5, 0.6) is 0 Å². The smallest absolute Gasteiger partial charge is 0.0642 e. The number of hydrogen-bond donors (Lipinski definition) is 1. The topological polar surface area (TPSA) is 29.3 Å². The van der Waals surface area contributed by atoms with Gasteiger partial charge in [-0.1, -0.05) is 37.6 Å². The van der Waals surface area contributed by atoms with Crippen molar-refractivity contribution in [3.05, 3.63) is 28.8 Å². The van der Waals surface area contributed by atoms with E-state index in [0.29, 0.717) is 6.04 Å². The number of anilines is 1. The molecule has 0 saturated carbocycles. The third kappa shape index (κ3) is 4.39. The summed E-state index contributed by atoms with van der Waals surface area (Å²) in [6, 6.07) is 6.79. The van der Waals surface area contributed by atoms with Gasteiger partial charge in [-0.25, -0.2) is 0 Å². The molecule has 0 spiro atoms. The molecule has 0 heterocycles. The van der Waals surface area contributed by atoms with Gasteiger partial charge in [-0.15, -0.1) is 0 Å². The standard InChI is InChI=1S/C16H27ClN2/c1-5-10-19(12(3)4)16-13(11-14(18)6-2)8-7-9-15(16)17/h7-9,12,14H,5-6,10-11,18H2,1-4H3. The number of nitrogens with two attached hydrogens (primary N) is 1. The molecule has 0 aliphatic carbocycles. The lowest BCUT2D eigenvalue weighted by atomic mass is 10.0. The van der Waals surface area contributed by atoms with Gasteiger partial charge < -0.3 is 10.6 Å². The molecule has 1 atom stereocenters. The van der Waals surface area contributed by atoms with E-state index in [-0.39, 0.29) is 6.04 Å². The molecular formula is C16H27ClN2. The highest BCUT2D eigenvalue weighted by molar-refractivity contribution is 6.33. The third-order valence-corrected chi connectivity index (χ3v) is 3.76. The second-order valence-electron chi connectivity index (χ2n) is 5.41. The Hall–Kier alpha value is -0.730. The van der Waals surface area contributed by atoms with Crippen LogP contribution in [0.25, 0.3) is 0 Å². The van der Waals surface area contributed by atoms with E-state index >= 15 is 0 Å². The normalized spacial score (nSPS) is 12.8. The lowest BCUT2D eigenvalue weighted by Crippen LogP contribution is -2.33. The number of halogens is 1. The number of benzene rings is 1. The summed E-state index contributed by atoms with van der Waals surface area (Å²) in [6.07, 6.45) is 2.99. The van der Waals surface area contributed by atoms with Crippen LogP contribution < -0.4 is 10.6 Å². The molecule has 2 N–H and O–H groups in total. The zero-order chi connectivity index (χ0) is 14.4. The zero-order valence-corrected chi connectivity index (χ0v) is 13.4. The van der Waals surface area contributed by atoms with Crippen LogP contribution in [0.3, 0.4) is 0 Å². The lowest BCUT2D eigenvalue weighted by Gasteiger charge is -2.32. The fourth-order valence-electron chi connectivity index (χ4n) is 2.34. The SMILES string of the molecule is CCCN(c1c(Cl)cccc1CC(N)CC)C(C)C. The van der Waals surface area contributed by atoms with Crippen molar-refractivity contribution in [3.63, 3.8) is 0 Å². The molecule has 0 fully saturated rings. The van der Waals surface area contributed by atoms with E-state index in [9.17, 15) is 0 Å². The molecule has 1 rings (SSSR count). The largest absolute Gasteiger partial charge is 0.368 e. The van der Waals surface area contributed by atoms with Crippen molar-refractivity contribution in [1.82, 2.24) is 0 Å². The molecule has 1 unspecified atom stereocenters. The minimum absolute atomic E-state index is 0.202. The monoisotopic (exact) mass is 282 g/mol. The first-order valence-corrected chi connectivity index (χ1v) is 7.68. The van der Waals surface area contributed by atoms with Crippen LogP contribution >= 0.6 is 11.6 Å². The van der Waals surface area contributed by atoms with Crippen molar-refractivity contribution in [1.29, 1.82) is 0 Å². The molecule has 0 radical (unpaired) electrons. The maximum atomic E-state index is 6.45. The van der Waals surface area contributed by atoms with E-state index in [1.54, 1.807) is 0 Å². The van der Waals surface area contributed by atoms with Crippen LogP contribution in [0.4, 0.5) is 5.69 Å². The Morgan fingerprint density at radius 2 is 1.95 bits per heavy atom. The lowest BCUT2D eigenvalue weighted by molar-refractivity contribution is 0.633. The van der Waals surface area contributed by atoms with Crippen LogP contribution in [0.2, 0.25) is 5.02 Å². The van der Waals surface area contributed by atoms with E-state index in [1.165, 1.54) is 11.3 Å². The molecule has 19 heavy (non-hydrogen) atoms. The van der Waals surface area contributed by atoms with E-state index in [4.69, 9.17) is 17.3 Å². The van der Waals surface area contributed by atoms with Crippen molar-refractivity contribution >= 4 is 17.3 Å². The first-order valence-electron chi connectivity index (χ1n) is 7.30. The summed E-state index contributed by atoms with van der Waals surface area (Å²) in [6.45, 7) is 9.77. The van der Waals surface area contributed by atoms with Gasteiger partial charge in [0.25, 0.3) is 0 Å². The first-order chi connectivity index (χ1) is 9.01.